The summed E-state index contributed by atoms with van der Waals surface area (Å²) >= 11 is 0. The third-order valence-electron chi connectivity index (χ3n) is 3.47. The van der Waals surface area contributed by atoms with Crippen LogP contribution in [0.3, 0.4) is 0 Å². The normalized spacial score (nSPS) is 38.6. The third kappa shape index (κ3) is 1.92. The molecule has 0 aromatic heterocycles. The molecule has 0 radical (unpaired) electrons. The summed E-state index contributed by atoms with van der Waals surface area (Å²) in [7, 11) is 0. The Morgan fingerprint density at radius 3 is 2.50 bits per heavy atom. The van der Waals surface area contributed by atoms with E-state index in [1.165, 1.54) is 0 Å². The lowest BCUT2D eigenvalue weighted by atomic mass is 9.67. The van der Waals surface area contributed by atoms with Crippen LogP contribution in [0, 0.1) is 17.8 Å². The Morgan fingerprint density at radius 1 is 1.50 bits per heavy atom. The Hall–Kier alpha value is -0.570. The van der Waals surface area contributed by atoms with Gasteiger partial charge in [0.05, 0.1) is 0 Å². The van der Waals surface area contributed by atoms with E-state index in [9.17, 15) is 9.90 Å². The molecular weight excluding hydrogens is 178 g/mol. The van der Waals surface area contributed by atoms with Crippen LogP contribution in [0.25, 0.3) is 0 Å². The number of amides is 1. The summed E-state index contributed by atoms with van der Waals surface area (Å²) in [4.78, 5) is 11.3. The molecule has 0 heterocycles. The number of hydrogen-bond acceptors (Lipinski definition) is 2. The van der Waals surface area contributed by atoms with Crippen LogP contribution in [0.5, 0.6) is 0 Å². The van der Waals surface area contributed by atoms with Gasteiger partial charge < -0.3 is 10.8 Å². The largest absolute Gasteiger partial charge is 0.380 e. The molecule has 0 aromatic carbocycles. The molecule has 3 atom stereocenters. The Bertz CT molecular complexity index is 227. The molecule has 0 spiro atoms. The number of rotatable bonds is 2. The first-order valence-electron chi connectivity index (χ1n) is 5.40. The average molecular weight is 199 g/mol. The minimum Gasteiger partial charge on any atom is -0.380 e. The highest BCUT2D eigenvalue weighted by molar-refractivity contribution is 5.83. The third-order valence-corrected chi connectivity index (χ3v) is 3.47. The fourth-order valence-electron chi connectivity index (χ4n) is 2.66. The summed E-state index contributed by atoms with van der Waals surface area (Å²) in [5.74, 6) is 0.168. The van der Waals surface area contributed by atoms with Gasteiger partial charge in [0, 0.05) is 0 Å². The van der Waals surface area contributed by atoms with Crippen LogP contribution in [0.15, 0.2) is 0 Å². The first-order chi connectivity index (χ1) is 6.38. The molecule has 0 saturated heterocycles. The van der Waals surface area contributed by atoms with E-state index in [0.717, 1.165) is 12.8 Å². The summed E-state index contributed by atoms with van der Waals surface area (Å²) in [5, 5.41) is 10.3. The number of hydrogen-bond donors (Lipinski definition) is 2. The summed E-state index contributed by atoms with van der Waals surface area (Å²) in [6.45, 7) is 6.13. The van der Waals surface area contributed by atoms with Gasteiger partial charge in [0.2, 0.25) is 5.91 Å². The van der Waals surface area contributed by atoms with E-state index in [4.69, 9.17) is 5.73 Å². The number of carbonyl (C=O) groups excluding carboxylic acids is 1. The number of carbonyl (C=O) groups is 1. The van der Waals surface area contributed by atoms with Crippen molar-refractivity contribution in [2.45, 2.75) is 45.6 Å². The number of primary amides is 1. The minimum atomic E-state index is -1.27. The van der Waals surface area contributed by atoms with Gasteiger partial charge in [0.1, 0.15) is 5.60 Å². The van der Waals surface area contributed by atoms with Crippen molar-refractivity contribution in [2.24, 2.45) is 23.5 Å². The summed E-state index contributed by atoms with van der Waals surface area (Å²) < 4.78 is 0. The molecule has 1 fully saturated rings. The van der Waals surface area contributed by atoms with Gasteiger partial charge in [-0.1, -0.05) is 27.2 Å². The van der Waals surface area contributed by atoms with E-state index >= 15 is 0 Å². The summed E-state index contributed by atoms with van der Waals surface area (Å²) in [6, 6.07) is 0. The fourth-order valence-corrected chi connectivity index (χ4v) is 2.66. The quantitative estimate of drug-likeness (QED) is 0.704. The molecule has 3 unspecified atom stereocenters. The molecule has 14 heavy (non-hydrogen) atoms. The zero-order valence-electron chi connectivity index (χ0n) is 9.29. The van der Waals surface area contributed by atoms with E-state index < -0.39 is 11.5 Å². The van der Waals surface area contributed by atoms with Crippen molar-refractivity contribution in [1.29, 1.82) is 0 Å². The molecular formula is C11H21NO2. The standard InChI is InChI=1S/C11H21NO2/c1-7(2)9-5-4-8(3)6-11(9,14)10(12)13/h7-9,14H,4-6H2,1-3H3,(H2,12,13). The van der Waals surface area contributed by atoms with Crippen molar-refractivity contribution in [3.63, 3.8) is 0 Å². The van der Waals surface area contributed by atoms with Gasteiger partial charge in [-0.3, -0.25) is 4.79 Å². The topological polar surface area (TPSA) is 63.3 Å². The zero-order valence-corrected chi connectivity index (χ0v) is 9.29. The maximum atomic E-state index is 11.3. The van der Waals surface area contributed by atoms with Crippen LogP contribution in [0.4, 0.5) is 0 Å². The molecule has 0 aromatic rings. The number of nitrogens with two attached hydrogens (primary N) is 1. The molecule has 1 amide bonds. The average Bonchev–Trinajstić information content (AvgIpc) is 2.02. The number of aliphatic hydroxyl groups is 1. The molecule has 3 heteroatoms. The first-order valence-corrected chi connectivity index (χ1v) is 5.40. The molecule has 0 bridgehead atoms. The van der Waals surface area contributed by atoms with Crippen LogP contribution in [-0.2, 0) is 4.79 Å². The minimum absolute atomic E-state index is 0.0243. The second-order valence-corrected chi connectivity index (χ2v) is 5.03. The highest BCUT2D eigenvalue weighted by atomic mass is 16.3. The molecule has 3 nitrogen and oxygen atoms in total. The Labute approximate surface area is 85.7 Å². The van der Waals surface area contributed by atoms with E-state index in [2.05, 4.69) is 6.92 Å². The first kappa shape index (κ1) is 11.5. The maximum absolute atomic E-state index is 11.3. The SMILES string of the molecule is CC1CCC(C(C)C)C(O)(C(N)=O)C1. The molecule has 0 aliphatic heterocycles. The molecule has 1 rings (SSSR count). The molecule has 1 aliphatic carbocycles. The van der Waals surface area contributed by atoms with E-state index in [1.807, 2.05) is 13.8 Å². The monoisotopic (exact) mass is 199 g/mol. The van der Waals surface area contributed by atoms with Crippen LogP contribution in [0.1, 0.15) is 40.0 Å². The van der Waals surface area contributed by atoms with Gasteiger partial charge >= 0.3 is 0 Å². The lowest BCUT2D eigenvalue weighted by Crippen LogP contribution is -2.54. The Kier molecular flexibility index (Phi) is 3.20. The van der Waals surface area contributed by atoms with Gasteiger partial charge in [-0.2, -0.15) is 0 Å². The second kappa shape index (κ2) is 3.89. The predicted molar refractivity (Wildman–Crippen MR) is 55.5 cm³/mol. The van der Waals surface area contributed by atoms with Gasteiger partial charge in [-0.05, 0) is 30.6 Å². The van der Waals surface area contributed by atoms with Gasteiger partial charge in [-0.15, -0.1) is 0 Å². The fraction of sp³-hybridized carbons (Fsp3) is 0.909. The van der Waals surface area contributed by atoms with Crippen molar-refractivity contribution in [3.05, 3.63) is 0 Å². The van der Waals surface area contributed by atoms with E-state index in [-0.39, 0.29) is 5.92 Å². The molecule has 82 valence electrons. The Morgan fingerprint density at radius 2 is 2.07 bits per heavy atom. The molecule has 1 saturated carbocycles. The van der Waals surface area contributed by atoms with Crippen LogP contribution >= 0.6 is 0 Å². The van der Waals surface area contributed by atoms with Crippen LogP contribution in [0.2, 0.25) is 0 Å². The Balaban J connectivity index is 2.88. The highest BCUT2D eigenvalue weighted by Gasteiger charge is 2.47. The highest BCUT2D eigenvalue weighted by Crippen LogP contribution is 2.40. The van der Waals surface area contributed by atoms with Crippen molar-refractivity contribution >= 4 is 5.91 Å². The molecule has 3 N–H and O–H groups in total. The van der Waals surface area contributed by atoms with Crippen molar-refractivity contribution in [3.8, 4) is 0 Å². The van der Waals surface area contributed by atoms with Crippen molar-refractivity contribution in [1.82, 2.24) is 0 Å². The predicted octanol–water partition coefficient (Wildman–Crippen LogP) is 1.29. The smallest absolute Gasteiger partial charge is 0.249 e. The van der Waals surface area contributed by atoms with Gasteiger partial charge in [0.15, 0.2) is 0 Å². The van der Waals surface area contributed by atoms with Crippen molar-refractivity contribution in [2.75, 3.05) is 0 Å². The van der Waals surface area contributed by atoms with Crippen LogP contribution < -0.4 is 5.73 Å². The zero-order chi connectivity index (χ0) is 10.9. The van der Waals surface area contributed by atoms with Gasteiger partial charge in [-0.25, -0.2) is 0 Å². The lowest BCUT2D eigenvalue weighted by Gasteiger charge is -2.42. The second-order valence-electron chi connectivity index (χ2n) is 5.03. The summed E-state index contributed by atoms with van der Waals surface area (Å²) in [5.41, 5.74) is 4.03. The summed E-state index contributed by atoms with van der Waals surface area (Å²) in [6.07, 6.45) is 2.50. The van der Waals surface area contributed by atoms with Gasteiger partial charge in [0.25, 0.3) is 0 Å². The van der Waals surface area contributed by atoms with E-state index in [0.29, 0.717) is 18.3 Å². The van der Waals surface area contributed by atoms with Crippen molar-refractivity contribution < 1.29 is 9.90 Å². The maximum Gasteiger partial charge on any atom is 0.249 e. The van der Waals surface area contributed by atoms with E-state index in [1.54, 1.807) is 0 Å². The van der Waals surface area contributed by atoms with Crippen LogP contribution in [-0.4, -0.2) is 16.6 Å². The molecule has 1 aliphatic rings. The lowest BCUT2D eigenvalue weighted by molar-refractivity contribution is -0.152.